The number of fused-ring (bicyclic) bond motifs is 2. The lowest BCUT2D eigenvalue weighted by Crippen LogP contribution is -2.44. The van der Waals surface area contributed by atoms with Crippen LogP contribution in [0.15, 0.2) is 48.9 Å². The highest BCUT2D eigenvalue weighted by molar-refractivity contribution is 5.96. The zero-order valence-electron chi connectivity index (χ0n) is 15.3. The van der Waals surface area contributed by atoms with Crippen LogP contribution in [0.4, 0.5) is 0 Å². The van der Waals surface area contributed by atoms with E-state index in [-0.39, 0.29) is 30.3 Å². The number of imidazole rings is 1. The number of benzene rings is 1. The van der Waals surface area contributed by atoms with Crippen LogP contribution in [0.3, 0.4) is 0 Å². The van der Waals surface area contributed by atoms with Crippen LogP contribution in [0.25, 0.3) is 16.9 Å². The molecule has 0 unspecified atom stereocenters. The van der Waals surface area contributed by atoms with Crippen molar-refractivity contribution in [3.8, 4) is 5.69 Å². The Hall–Kier alpha value is -2.81. The van der Waals surface area contributed by atoms with Crippen molar-refractivity contribution >= 4 is 17.1 Å². The minimum Gasteiger partial charge on any atom is -0.376 e. The van der Waals surface area contributed by atoms with Gasteiger partial charge in [0.05, 0.1) is 24.8 Å². The first-order valence-electron chi connectivity index (χ1n) is 9.20. The maximum absolute atomic E-state index is 12.7. The first-order chi connectivity index (χ1) is 13.7. The molecule has 144 valence electrons. The molecular formula is C20H20N4O4. The van der Waals surface area contributed by atoms with Crippen molar-refractivity contribution in [3.05, 3.63) is 54.5 Å². The Morgan fingerprint density at radius 3 is 2.82 bits per heavy atom. The topological polar surface area (TPSA) is 87.5 Å². The molecule has 2 aliphatic heterocycles. The SMILES string of the molecule is CO[C@@H]1CO[C@H]2[C@@H]1OC[C@H]2NC(=O)c1cnc2c(c1)ncn2-c1ccccc1. The molecule has 2 aromatic heterocycles. The van der Waals surface area contributed by atoms with Gasteiger partial charge in [0.25, 0.3) is 5.91 Å². The molecule has 5 rings (SSSR count). The van der Waals surface area contributed by atoms with Crippen molar-refractivity contribution in [2.45, 2.75) is 24.4 Å². The van der Waals surface area contributed by atoms with Crippen molar-refractivity contribution in [1.29, 1.82) is 0 Å². The molecule has 1 aromatic carbocycles. The van der Waals surface area contributed by atoms with Gasteiger partial charge in [0.1, 0.15) is 30.2 Å². The van der Waals surface area contributed by atoms with Crippen LogP contribution in [0.2, 0.25) is 0 Å². The van der Waals surface area contributed by atoms with Crippen LogP contribution in [-0.2, 0) is 14.2 Å². The standard InChI is InChI=1S/C20H20N4O4/c1-26-16-10-28-17-15(9-27-18(16)17)23-20(25)12-7-14-19(21-8-12)24(11-22-14)13-5-3-2-4-6-13/h2-8,11,15-18H,9-10H2,1H3,(H,23,25)/t15-,16-,17-,18-/m1/s1. The van der Waals surface area contributed by atoms with Crippen LogP contribution in [0.5, 0.6) is 0 Å². The summed E-state index contributed by atoms with van der Waals surface area (Å²) in [6.45, 7) is 0.877. The Morgan fingerprint density at radius 2 is 2.00 bits per heavy atom. The highest BCUT2D eigenvalue weighted by Crippen LogP contribution is 2.28. The monoisotopic (exact) mass is 380 g/mol. The molecule has 2 aliphatic rings. The van der Waals surface area contributed by atoms with Crippen LogP contribution in [0.1, 0.15) is 10.4 Å². The molecule has 0 radical (unpaired) electrons. The molecule has 0 spiro atoms. The van der Waals surface area contributed by atoms with Crippen molar-refractivity contribution in [2.75, 3.05) is 20.3 Å². The van der Waals surface area contributed by atoms with Crippen LogP contribution < -0.4 is 5.32 Å². The molecule has 8 heteroatoms. The molecule has 1 amide bonds. The van der Waals surface area contributed by atoms with E-state index in [1.807, 2.05) is 34.9 Å². The van der Waals surface area contributed by atoms with Crippen molar-refractivity contribution in [2.24, 2.45) is 0 Å². The number of rotatable bonds is 4. The van der Waals surface area contributed by atoms with E-state index in [9.17, 15) is 4.79 Å². The third kappa shape index (κ3) is 2.86. The quantitative estimate of drug-likeness (QED) is 0.735. The fourth-order valence-electron chi connectivity index (χ4n) is 3.84. The summed E-state index contributed by atoms with van der Waals surface area (Å²) < 4.78 is 18.8. The van der Waals surface area contributed by atoms with Gasteiger partial charge in [-0.05, 0) is 18.2 Å². The zero-order valence-corrected chi connectivity index (χ0v) is 15.3. The van der Waals surface area contributed by atoms with Crippen LogP contribution in [0, 0.1) is 0 Å². The number of nitrogens with zero attached hydrogens (tertiary/aromatic N) is 3. The lowest BCUT2D eigenvalue weighted by atomic mass is 10.1. The second-order valence-corrected chi connectivity index (χ2v) is 6.97. The van der Waals surface area contributed by atoms with E-state index in [1.165, 1.54) is 0 Å². The van der Waals surface area contributed by atoms with Gasteiger partial charge in [-0.3, -0.25) is 9.36 Å². The predicted octanol–water partition coefficient (Wildman–Crippen LogP) is 1.33. The smallest absolute Gasteiger partial charge is 0.253 e. The van der Waals surface area contributed by atoms with E-state index >= 15 is 0 Å². The Morgan fingerprint density at radius 1 is 1.18 bits per heavy atom. The molecule has 3 aromatic rings. The maximum atomic E-state index is 12.7. The van der Waals surface area contributed by atoms with Gasteiger partial charge in [-0.15, -0.1) is 0 Å². The Kier molecular flexibility index (Phi) is 4.31. The number of ether oxygens (including phenoxy) is 3. The maximum Gasteiger partial charge on any atom is 0.253 e. The van der Waals surface area contributed by atoms with Gasteiger partial charge in [0, 0.05) is 19.0 Å². The van der Waals surface area contributed by atoms with Crippen LogP contribution >= 0.6 is 0 Å². The fraction of sp³-hybridized carbons (Fsp3) is 0.350. The molecule has 8 nitrogen and oxygen atoms in total. The third-order valence-electron chi connectivity index (χ3n) is 5.31. The van der Waals surface area contributed by atoms with E-state index in [2.05, 4.69) is 15.3 Å². The van der Waals surface area contributed by atoms with E-state index in [4.69, 9.17) is 14.2 Å². The van der Waals surface area contributed by atoms with E-state index < -0.39 is 0 Å². The summed E-state index contributed by atoms with van der Waals surface area (Å²) in [6, 6.07) is 11.4. The number of carbonyl (C=O) groups is 1. The molecule has 4 atom stereocenters. The number of hydrogen-bond acceptors (Lipinski definition) is 6. The number of hydrogen-bond donors (Lipinski definition) is 1. The summed E-state index contributed by atoms with van der Waals surface area (Å²) in [5, 5.41) is 3.00. The summed E-state index contributed by atoms with van der Waals surface area (Å²) in [5.41, 5.74) is 2.79. The highest BCUT2D eigenvalue weighted by Gasteiger charge is 2.48. The molecular weight excluding hydrogens is 360 g/mol. The minimum atomic E-state index is -0.220. The van der Waals surface area contributed by atoms with Gasteiger partial charge in [-0.25, -0.2) is 9.97 Å². The van der Waals surface area contributed by atoms with Crippen LogP contribution in [-0.4, -0.2) is 65.1 Å². The van der Waals surface area contributed by atoms with Gasteiger partial charge in [0.2, 0.25) is 0 Å². The molecule has 0 saturated carbocycles. The van der Waals surface area contributed by atoms with Gasteiger partial charge in [-0.2, -0.15) is 0 Å². The largest absolute Gasteiger partial charge is 0.376 e. The summed E-state index contributed by atoms with van der Waals surface area (Å²) >= 11 is 0. The first-order valence-corrected chi connectivity index (χ1v) is 9.20. The van der Waals surface area contributed by atoms with Crippen molar-refractivity contribution in [1.82, 2.24) is 19.9 Å². The van der Waals surface area contributed by atoms with Gasteiger partial charge in [-0.1, -0.05) is 18.2 Å². The van der Waals surface area contributed by atoms with Gasteiger partial charge >= 0.3 is 0 Å². The summed E-state index contributed by atoms with van der Waals surface area (Å²) in [5.74, 6) is -0.220. The predicted molar refractivity (Wildman–Crippen MR) is 100 cm³/mol. The highest BCUT2D eigenvalue weighted by atomic mass is 16.6. The number of nitrogens with one attached hydrogen (secondary N) is 1. The second-order valence-electron chi connectivity index (χ2n) is 6.97. The number of pyridine rings is 1. The third-order valence-corrected chi connectivity index (χ3v) is 5.31. The Labute approximate surface area is 161 Å². The second kappa shape index (κ2) is 6.97. The molecule has 4 heterocycles. The summed E-state index contributed by atoms with van der Waals surface area (Å²) in [4.78, 5) is 21.6. The minimum absolute atomic E-state index is 0.0909. The fourth-order valence-corrected chi connectivity index (χ4v) is 3.84. The van der Waals surface area contributed by atoms with E-state index in [1.54, 1.807) is 25.7 Å². The van der Waals surface area contributed by atoms with Crippen molar-refractivity contribution < 1.29 is 19.0 Å². The molecule has 2 saturated heterocycles. The number of methoxy groups -OCH3 is 1. The van der Waals surface area contributed by atoms with Crippen molar-refractivity contribution in [3.63, 3.8) is 0 Å². The number of amides is 1. The lowest BCUT2D eigenvalue weighted by Gasteiger charge is -2.17. The average molecular weight is 380 g/mol. The van der Waals surface area contributed by atoms with Gasteiger partial charge < -0.3 is 19.5 Å². The zero-order chi connectivity index (χ0) is 19.1. The first kappa shape index (κ1) is 17.3. The molecule has 2 fully saturated rings. The lowest BCUT2D eigenvalue weighted by molar-refractivity contribution is -0.00817. The average Bonchev–Trinajstić information content (AvgIpc) is 3.43. The molecule has 0 aliphatic carbocycles. The van der Waals surface area contributed by atoms with E-state index in [0.29, 0.717) is 29.9 Å². The molecule has 1 N–H and O–H groups in total. The molecule has 28 heavy (non-hydrogen) atoms. The summed E-state index contributed by atoms with van der Waals surface area (Å²) in [6.07, 6.45) is 2.85. The Balaban J connectivity index is 1.35. The summed E-state index contributed by atoms with van der Waals surface area (Å²) in [7, 11) is 1.64. The Bertz CT molecular complexity index is 1010. The normalized spacial score (nSPS) is 26.5. The number of carbonyl (C=O) groups excluding carboxylic acids is 1. The number of aromatic nitrogens is 3. The van der Waals surface area contributed by atoms with Gasteiger partial charge in [0.15, 0.2) is 5.65 Å². The molecule has 0 bridgehead atoms. The van der Waals surface area contributed by atoms with E-state index in [0.717, 1.165) is 5.69 Å². The number of para-hydroxylation sites is 1.